The number of thioether (sulfide) groups is 2. The maximum Gasteiger partial charge on any atom is 0.344 e. The standard InChI is InChI=1S/C28H25NO6S2/c1-3-36-22-13-20(30)25(26(22)32)16-7-10-21-17(11-16)12-19(28(34)35-21)15-5-8-18(9-6-15)29-24(31)14-23(27(29)33)37-4-2/h5-12,22-23,25H,3-4,13-14H2,1-2H3. The number of ketones is 2. The van der Waals surface area contributed by atoms with Crippen LogP contribution in [0.4, 0.5) is 5.69 Å². The number of hydrogen-bond acceptors (Lipinski definition) is 8. The molecule has 1 aliphatic carbocycles. The maximum absolute atomic E-state index is 12.9. The van der Waals surface area contributed by atoms with Crippen LogP contribution in [-0.4, -0.2) is 45.4 Å². The normalized spacial score (nSPS) is 22.0. The zero-order chi connectivity index (χ0) is 26.3. The fourth-order valence-corrected chi connectivity index (χ4v) is 6.85. The van der Waals surface area contributed by atoms with Crippen LogP contribution < -0.4 is 10.5 Å². The number of imide groups is 1. The summed E-state index contributed by atoms with van der Waals surface area (Å²) in [5, 5.41) is -0.0766. The number of carbonyl (C=O) groups is 4. The summed E-state index contributed by atoms with van der Waals surface area (Å²) in [7, 11) is 0. The molecule has 0 radical (unpaired) electrons. The number of rotatable bonds is 7. The molecule has 0 bridgehead atoms. The lowest BCUT2D eigenvalue weighted by Gasteiger charge is -2.15. The molecule has 3 aromatic rings. The summed E-state index contributed by atoms with van der Waals surface area (Å²) < 4.78 is 5.53. The zero-order valence-corrected chi connectivity index (χ0v) is 22.0. The van der Waals surface area contributed by atoms with E-state index in [1.807, 2.05) is 13.8 Å². The highest BCUT2D eigenvalue weighted by molar-refractivity contribution is 8.00. The van der Waals surface area contributed by atoms with E-state index in [0.717, 1.165) is 11.5 Å². The minimum absolute atomic E-state index is 0.0741. The Morgan fingerprint density at radius 2 is 1.57 bits per heavy atom. The number of carbonyl (C=O) groups excluding carboxylic acids is 4. The van der Waals surface area contributed by atoms with Crippen LogP contribution in [-0.2, 0) is 19.2 Å². The largest absolute Gasteiger partial charge is 0.422 e. The van der Waals surface area contributed by atoms with E-state index in [4.69, 9.17) is 4.42 Å². The van der Waals surface area contributed by atoms with Crippen LogP contribution in [0, 0.1) is 0 Å². The van der Waals surface area contributed by atoms with E-state index in [2.05, 4.69) is 0 Å². The molecule has 0 N–H and O–H groups in total. The number of nitrogens with zero attached hydrogens (tertiary/aromatic N) is 1. The summed E-state index contributed by atoms with van der Waals surface area (Å²) in [4.78, 5) is 64.6. The highest BCUT2D eigenvalue weighted by Crippen LogP contribution is 2.36. The van der Waals surface area contributed by atoms with Crippen LogP contribution in [0.15, 0.2) is 57.7 Å². The number of hydrogen-bond donors (Lipinski definition) is 0. The fraction of sp³-hybridized carbons (Fsp3) is 0.321. The quantitative estimate of drug-likeness (QED) is 0.246. The Labute approximate surface area is 222 Å². The molecule has 2 fully saturated rings. The van der Waals surface area contributed by atoms with E-state index >= 15 is 0 Å². The van der Waals surface area contributed by atoms with Crippen molar-refractivity contribution in [2.45, 2.75) is 43.1 Å². The van der Waals surface area contributed by atoms with Gasteiger partial charge in [0, 0.05) is 18.2 Å². The Kier molecular flexibility index (Phi) is 7.09. The molecule has 2 heterocycles. The molecule has 190 valence electrons. The van der Waals surface area contributed by atoms with Gasteiger partial charge in [0.05, 0.1) is 21.8 Å². The average Bonchev–Trinajstić information content (AvgIpc) is 3.32. The molecule has 0 spiro atoms. The van der Waals surface area contributed by atoms with Gasteiger partial charge in [0.2, 0.25) is 11.8 Å². The van der Waals surface area contributed by atoms with Crippen LogP contribution in [0.5, 0.6) is 0 Å². The van der Waals surface area contributed by atoms with Crippen molar-refractivity contribution < 1.29 is 23.6 Å². The summed E-state index contributed by atoms with van der Waals surface area (Å²) in [6, 6.07) is 13.4. The molecule has 1 aromatic heterocycles. The molecule has 37 heavy (non-hydrogen) atoms. The van der Waals surface area contributed by atoms with Crippen LogP contribution in [0.1, 0.15) is 38.2 Å². The van der Waals surface area contributed by atoms with Gasteiger partial charge in [-0.2, -0.15) is 11.8 Å². The summed E-state index contributed by atoms with van der Waals surface area (Å²) in [5.41, 5.74) is 1.76. The third-order valence-electron chi connectivity index (χ3n) is 6.68. The first-order valence-corrected chi connectivity index (χ1v) is 14.3. The number of fused-ring (bicyclic) bond motifs is 1. The van der Waals surface area contributed by atoms with Crippen LogP contribution in [0.3, 0.4) is 0 Å². The number of anilines is 1. The van der Waals surface area contributed by atoms with Gasteiger partial charge in [-0.05, 0) is 53.0 Å². The van der Waals surface area contributed by atoms with Gasteiger partial charge in [-0.3, -0.25) is 19.2 Å². The second-order valence-corrected chi connectivity index (χ2v) is 11.9. The van der Waals surface area contributed by atoms with Gasteiger partial charge in [-0.15, -0.1) is 11.8 Å². The molecule has 9 heteroatoms. The molecule has 2 aliphatic rings. The summed E-state index contributed by atoms with van der Waals surface area (Å²) in [6.07, 6.45) is 0.418. The van der Waals surface area contributed by atoms with E-state index in [0.29, 0.717) is 33.3 Å². The lowest BCUT2D eigenvalue weighted by molar-refractivity contribution is -0.124. The second kappa shape index (κ2) is 10.3. The molecule has 3 atom stereocenters. The SMILES string of the molecule is CCSC1CC(=O)C(c2ccc3oc(=O)c(-c4ccc(N5C(=O)CC(SCC)C5=O)cc4)cc3c2)C1=O. The molecule has 1 saturated heterocycles. The molecule has 7 nitrogen and oxygen atoms in total. The Hall–Kier alpha value is -3.17. The highest BCUT2D eigenvalue weighted by atomic mass is 32.2. The summed E-state index contributed by atoms with van der Waals surface area (Å²) in [5.74, 6) is 0.0872. The molecule has 1 saturated carbocycles. The van der Waals surface area contributed by atoms with Gasteiger partial charge in [0.15, 0.2) is 5.78 Å². The number of amides is 2. The molecule has 5 rings (SSSR count). The van der Waals surface area contributed by atoms with E-state index in [1.54, 1.807) is 48.5 Å². The van der Waals surface area contributed by atoms with Gasteiger partial charge in [-0.25, -0.2) is 9.69 Å². The predicted octanol–water partition coefficient (Wildman–Crippen LogP) is 4.59. The van der Waals surface area contributed by atoms with Crippen molar-refractivity contribution in [2.24, 2.45) is 0 Å². The Bertz CT molecular complexity index is 1480. The first-order chi connectivity index (χ1) is 17.8. The summed E-state index contributed by atoms with van der Waals surface area (Å²) in [6.45, 7) is 3.91. The van der Waals surface area contributed by atoms with Gasteiger partial charge in [0.1, 0.15) is 17.3 Å². The van der Waals surface area contributed by atoms with E-state index in [9.17, 15) is 24.0 Å². The third kappa shape index (κ3) is 4.66. The molecule has 2 amide bonds. The number of benzene rings is 2. The molecule has 1 aliphatic heterocycles. The molecular weight excluding hydrogens is 510 g/mol. The van der Waals surface area contributed by atoms with Gasteiger partial charge in [-0.1, -0.05) is 32.0 Å². The first-order valence-electron chi connectivity index (χ1n) is 12.2. The topological polar surface area (TPSA) is 102 Å². The maximum atomic E-state index is 12.9. The minimum Gasteiger partial charge on any atom is -0.422 e. The van der Waals surface area contributed by atoms with E-state index < -0.39 is 11.5 Å². The van der Waals surface area contributed by atoms with Crippen molar-refractivity contribution in [2.75, 3.05) is 16.4 Å². The van der Waals surface area contributed by atoms with E-state index in [1.165, 1.54) is 28.4 Å². The third-order valence-corrected chi connectivity index (χ3v) is 8.92. The Morgan fingerprint density at radius 3 is 2.27 bits per heavy atom. The van der Waals surface area contributed by atoms with E-state index in [-0.39, 0.29) is 46.7 Å². The smallest absolute Gasteiger partial charge is 0.344 e. The zero-order valence-electron chi connectivity index (χ0n) is 20.4. The summed E-state index contributed by atoms with van der Waals surface area (Å²) >= 11 is 2.95. The van der Waals surface area contributed by atoms with Crippen molar-refractivity contribution >= 4 is 63.6 Å². The van der Waals surface area contributed by atoms with Crippen molar-refractivity contribution in [3.63, 3.8) is 0 Å². The minimum atomic E-state index is -0.798. The fourth-order valence-electron chi connectivity index (χ4n) is 4.96. The van der Waals surface area contributed by atoms with Crippen molar-refractivity contribution in [1.29, 1.82) is 0 Å². The average molecular weight is 536 g/mol. The lowest BCUT2D eigenvalue weighted by Crippen LogP contribution is -2.31. The highest BCUT2D eigenvalue weighted by Gasteiger charge is 2.42. The lowest BCUT2D eigenvalue weighted by atomic mass is 9.94. The van der Waals surface area contributed by atoms with Gasteiger partial charge >= 0.3 is 5.63 Å². The van der Waals surface area contributed by atoms with Gasteiger partial charge < -0.3 is 4.42 Å². The van der Waals surface area contributed by atoms with Crippen LogP contribution >= 0.6 is 23.5 Å². The van der Waals surface area contributed by atoms with Gasteiger partial charge in [0.25, 0.3) is 0 Å². The number of Topliss-reactive ketones (excluding diaryl/α,β-unsaturated/α-hetero) is 2. The molecular formula is C28H25NO6S2. The monoisotopic (exact) mass is 535 g/mol. The van der Waals surface area contributed by atoms with Crippen LogP contribution in [0.25, 0.3) is 22.1 Å². The van der Waals surface area contributed by atoms with Crippen molar-refractivity contribution in [3.8, 4) is 11.1 Å². The van der Waals surface area contributed by atoms with Crippen LogP contribution in [0.2, 0.25) is 0 Å². The first kappa shape index (κ1) is 25.5. The van der Waals surface area contributed by atoms with Crippen molar-refractivity contribution in [1.82, 2.24) is 0 Å². The second-order valence-electron chi connectivity index (χ2n) is 8.96. The molecule has 2 aromatic carbocycles. The Balaban J connectivity index is 1.45. The Morgan fingerprint density at radius 1 is 0.865 bits per heavy atom. The predicted molar refractivity (Wildman–Crippen MR) is 146 cm³/mol. The van der Waals surface area contributed by atoms with Crippen molar-refractivity contribution in [3.05, 3.63) is 64.5 Å². The molecule has 3 unspecified atom stereocenters.